The molecule has 1 aliphatic rings. The first-order valence-electron chi connectivity index (χ1n) is 4.87. The summed E-state index contributed by atoms with van der Waals surface area (Å²) in [5.74, 6) is 1.07. The summed E-state index contributed by atoms with van der Waals surface area (Å²) in [5.41, 5.74) is 5.94. The maximum absolute atomic E-state index is 5.59. The Hall–Kier alpha value is -0.900. The summed E-state index contributed by atoms with van der Waals surface area (Å²) in [6.45, 7) is 3.03. The molecule has 0 amide bonds. The molecule has 0 aliphatic heterocycles. The highest BCUT2D eigenvalue weighted by molar-refractivity contribution is 7.80. The van der Waals surface area contributed by atoms with Crippen LogP contribution in [0.15, 0.2) is 12.4 Å². The molecule has 0 aromatic carbocycles. The Balaban J connectivity index is 2.04. The van der Waals surface area contributed by atoms with Crippen LogP contribution in [0.2, 0.25) is 0 Å². The van der Waals surface area contributed by atoms with Gasteiger partial charge in [-0.1, -0.05) is 12.2 Å². The van der Waals surface area contributed by atoms with E-state index in [-0.39, 0.29) is 0 Å². The quantitative estimate of drug-likeness (QED) is 0.767. The zero-order valence-electron chi connectivity index (χ0n) is 8.36. The van der Waals surface area contributed by atoms with Crippen LogP contribution in [0.3, 0.4) is 0 Å². The van der Waals surface area contributed by atoms with Crippen molar-refractivity contribution in [2.24, 2.45) is 11.1 Å². The van der Waals surface area contributed by atoms with E-state index < -0.39 is 0 Å². The van der Waals surface area contributed by atoms with Crippen molar-refractivity contribution >= 4 is 17.2 Å². The molecule has 0 bridgehead atoms. The summed E-state index contributed by atoms with van der Waals surface area (Å²) in [4.78, 5) is 4.85. The Bertz CT molecular complexity index is 352. The van der Waals surface area contributed by atoms with Crippen LogP contribution in [-0.2, 0) is 6.54 Å². The monoisotopic (exact) mass is 209 g/mol. The van der Waals surface area contributed by atoms with E-state index in [4.69, 9.17) is 18.0 Å². The molecule has 1 fully saturated rings. The second-order valence-electron chi connectivity index (χ2n) is 4.25. The van der Waals surface area contributed by atoms with Crippen molar-refractivity contribution in [3.8, 4) is 0 Å². The summed E-state index contributed by atoms with van der Waals surface area (Å²) in [7, 11) is 0. The van der Waals surface area contributed by atoms with Gasteiger partial charge in [0.15, 0.2) is 0 Å². The van der Waals surface area contributed by atoms with Crippen LogP contribution in [0, 0.1) is 12.3 Å². The fraction of sp³-hybridized carbons (Fsp3) is 0.600. The maximum atomic E-state index is 5.59. The van der Waals surface area contributed by atoms with Gasteiger partial charge < -0.3 is 10.3 Å². The molecular weight excluding hydrogens is 194 g/mol. The maximum Gasteiger partial charge on any atom is 0.105 e. The summed E-state index contributed by atoms with van der Waals surface area (Å²) in [6.07, 6.45) is 7.21. The van der Waals surface area contributed by atoms with Gasteiger partial charge in [-0.15, -0.1) is 0 Å². The van der Waals surface area contributed by atoms with Gasteiger partial charge in [-0.3, -0.25) is 0 Å². The van der Waals surface area contributed by atoms with E-state index in [0.29, 0.717) is 10.4 Å². The first-order valence-corrected chi connectivity index (χ1v) is 5.28. The molecule has 1 aromatic heterocycles. The van der Waals surface area contributed by atoms with Crippen LogP contribution in [0.25, 0.3) is 0 Å². The Morgan fingerprint density at radius 3 is 2.86 bits per heavy atom. The van der Waals surface area contributed by atoms with Crippen molar-refractivity contribution in [2.45, 2.75) is 32.7 Å². The first-order chi connectivity index (χ1) is 6.61. The molecular formula is C10H15N3S. The molecule has 4 heteroatoms. The van der Waals surface area contributed by atoms with Crippen molar-refractivity contribution in [3.63, 3.8) is 0 Å². The predicted molar refractivity (Wildman–Crippen MR) is 60.0 cm³/mol. The number of nitrogens with zero attached hydrogens (tertiary/aromatic N) is 2. The van der Waals surface area contributed by atoms with Gasteiger partial charge in [0.1, 0.15) is 5.82 Å². The number of aryl methyl sites for hydroxylation is 1. The average molecular weight is 209 g/mol. The highest BCUT2D eigenvalue weighted by Crippen LogP contribution is 2.50. The number of hydrogen-bond donors (Lipinski definition) is 1. The lowest BCUT2D eigenvalue weighted by atomic mass is 10.0. The average Bonchev–Trinajstić information content (AvgIpc) is 2.70. The third-order valence-electron chi connectivity index (χ3n) is 2.94. The van der Waals surface area contributed by atoms with E-state index in [0.717, 1.165) is 18.8 Å². The minimum Gasteiger partial charge on any atom is -0.393 e. The van der Waals surface area contributed by atoms with E-state index in [1.54, 1.807) is 0 Å². The smallest absolute Gasteiger partial charge is 0.105 e. The third kappa shape index (κ3) is 1.95. The van der Waals surface area contributed by atoms with Crippen molar-refractivity contribution in [2.75, 3.05) is 0 Å². The van der Waals surface area contributed by atoms with Crippen LogP contribution in [0.4, 0.5) is 0 Å². The van der Waals surface area contributed by atoms with Crippen molar-refractivity contribution < 1.29 is 0 Å². The van der Waals surface area contributed by atoms with E-state index in [1.807, 2.05) is 19.3 Å². The largest absolute Gasteiger partial charge is 0.393 e. The molecule has 1 aromatic rings. The van der Waals surface area contributed by atoms with Crippen LogP contribution >= 0.6 is 12.2 Å². The van der Waals surface area contributed by atoms with Gasteiger partial charge in [0.2, 0.25) is 0 Å². The number of imidazole rings is 1. The van der Waals surface area contributed by atoms with Crippen LogP contribution in [0.1, 0.15) is 25.1 Å². The standard InChI is InChI=1S/C10H15N3S/c1-8-12-4-5-13(8)7-10(2-3-10)6-9(11)14/h4-5H,2-3,6-7H2,1H3,(H2,11,14). The molecule has 2 N–H and O–H groups in total. The van der Waals surface area contributed by atoms with E-state index in [2.05, 4.69) is 9.55 Å². The number of nitrogens with two attached hydrogens (primary N) is 1. The Kier molecular flexibility index (Phi) is 2.31. The first kappa shape index (κ1) is 9.65. The molecule has 3 nitrogen and oxygen atoms in total. The second-order valence-corrected chi connectivity index (χ2v) is 4.77. The summed E-state index contributed by atoms with van der Waals surface area (Å²) in [5, 5.41) is 0. The molecule has 0 saturated heterocycles. The molecule has 1 saturated carbocycles. The van der Waals surface area contributed by atoms with Gasteiger partial charge in [-0.2, -0.15) is 0 Å². The number of hydrogen-bond acceptors (Lipinski definition) is 2. The number of rotatable bonds is 4. The molecule has 0 atom stereocenters. The molecule has 1 heterocycles. The Morgan fingerprint density at radius 1 is 1.71 bits per heavy atom. The fourth-order valence-corrected chi connectivity index (χ4v) is 2.18. The summed E-state index contributed by atoms with van der Waals surface area (Å²) in [6, 6.07) is 0. The molecule has 0 unspecified atom stereocenters. The molecule has 1 aliphatic carbocycles. The zero-order chi connectivity index (χ0) is 10.2. The lowest BCUT2D eigenvalue weighted by molar-refractivity contribution is 0.432. The molecule has 2 rings (SSSR count). The lowest BCUT2D eigenvalue weighted by Crippen LogP contribution is -2.20. The Labute approximate surface area is 89.3 Å². The van der Waals surface area contributed by atoms with Gasteiger partial charge in [-0.25, -0.2) is 4.98 Å². The van der Waals surface area contributed by atoms with Crippen LogP contribution in [0.5, 0.6) is 0 Å². The predicted octanol–water partition coefficient (Wildman–Crippen LogP) is 1.65. The SMILES string of the molecule is Cc1nccn1CC1(CC(N)=S)CC1. The molecule has 0 spiro atoms. The summed E-state index contributed by atoms with van der Waals surface area (Å²) >= 11 is 4.97. The van der Waals surface area contributed by atoms with Gasteiger partial charge in [0.05, 0.1) is 4.99 Å². The Morgan fingerprint density at radius 2 is 2.43 bits per heavy atom. The molecule has 0 radical (unpaired) electrons. The third-order valence-corrected chi connectivity index (χ3v) is 3.08. The van der Waals surface area contributed by atoms with E-state index in [9.17, 15) is 0 Å². The van der Waals surface area contributed by atoms with Crippen molar-refractivity contribution in [1.29, 1.82) is 0 Å². The van der Waals surface area contributed by atoms with Crippen LogP contribution < -0.4 is 5.73 Å². The van der Waals surface area contributed by atoms with Crippen LogP contribution in [-0.4, -0.2) is 14.5 Å². The molecule has 76 valence electrons. The highest BCUT2D eigenvalue weighted by Gasteiger charge is 2.43. The van der Waals surface area contributed by atoms with Gasteiger partial charge in [0.25, 0.3) is 0 Å². The second kappa shape index (κ2) is 3.35. The van der Waals surface area contributed by atoms with E-state index >= 15 is 0 Å². The normalized spacial score (nSPS) is 18.1. The minimum atomic E-state index is 0.345. The topological polar surface area (TPSA) is 43.8 Å². The minimum absolute atomic E-state index is 0.345. The van der Waals surface area contributed by atoms with Gasteiger partial charge in [0, 0.05) is 25.4 Å². The number of aromatic nitrogens is 2. The number of thiocarbonyl (C=S) groups is 1. The molecule has 14 heavy (non-hydrogen) atoms. The zero-order valence-corrected chi connectivity index (χ0v) is 9.18. The van der Waals surface area contributed by atoms with Gasteiger partial charge >= 0.3 is 0 Å². The van der Waals surface area contributed by atoms with Crippen molar-refractivity contribution in [1.82, 2.24) is 9.55 Å². The van der Waals surface area contributed by atoms with E-state index in [1.165, 1.54) is 12.8 Å². The van der Waals surface area contributed by atoms with Crippen molar-refractivity contribution in [3.05, 3.63) is 18.2 Å². The van der Waals surface area contributed by atoms with Gasteiger partial charge in [-0.05, 0) is 25.2 Å². The highest BCUT2D eigenvalue weighted by atomic mass is 32.1. The lowest BCUT2D eigenvalue weighted by Gasteiger charge is -2.15. The fourth-order valence-electron chi connectivity index (χ4n) is 1.87. The summed E-state index contributed by atoms with van der Waals surface area (Å²) < 4.78 is 2.19.